The monoisotopic (exact) mass is 254 g/mol. The Morgan fingerprint density at radius 1 is 1.28 bits per heavy atom. The second-order valence-corrected chi connectivity index (χ2v) is 4.72. The fraction of sp³-hybridized carbons (Fsp3) is 0.462. The molecule has 0 atom stereocenters. The number of carbonyl (C=O) groups is 1. The number of primary amides is 1. The molecule has 18 heavy (non-hydrogen) atoms. The second kappa shape index (κ2) is 5.33. The Balaban J connectivity index is 1.91. The SMILES string of the molecule is NC(=O)N1CCC(Cc2ccc(F)c(F)c2)CC1. The van der Waals surface area contributed by atoms with Crippen LogP contribution in [0.3, 0.4) is 0 Å². The molecule has 2 N–H and O–H groups in total. The first kappa shape index (κ1) is 12.8. The number of carbonyl (C=O) groups excluding carboxylic acids is 1. The van der Waals surface area contributed by atoms with Gasteiger partial charge in [-0.3, -0.25) is 0 Å². The van der Waals surface area contributed by atoms with Gasteiger partial charge in [0.05, 0.1) is 0 Å². The summed E-state index contributed by atoms with van der Waals surface area (Å²) in [6.45, 7) is 1.29. The lowest BCUT2D eigenvalue weighted by Gasteiger charge is -2.30. The first-order chi connectivity index (χ1) is 8.56. The zero-order valence-electron chi connectivity index (χ0n) is 10.0. The fourth-order valence-electron chi connectivity index (χ4n) is 2.36. The van der Waals surface area contributed by atoms with Gasteiger partial charge in [-0.2, -0.15) is 0 Å². The number of amides is 2. The minimum absolute atomic E-state index is 0.388. The van der Waals surface area contributed by atoms with Crippen LogP contribution in [0.2, 0.25) is 0 Å². The van der Waals surface area contributed by atoms with Gasteiger partial charge in [0.25, 0.3) is 0 Å². The normalized spacial score (nSPS) is 16.9. The van der Waals surface area contributed by atoms with E-state index < -0.39 is 11.6 Å². The predicted octanol–water partition coefficient (Wildman–Crippen LogP) is 2.30. The van der Waals surface area contributed by atoms with Gasteiger partial charge in [-0.25, -0.2) is 13.6 Å². The molecule has 1 aromatic carbocycles. The van der Waals surface area contributed by atoms with Crippen molar-refractivity contribution in [2.75, 3.05) is 13.1 Å². The number of hydrogen-bond donors (Lipinski definition) is 1. The third kappa shape index (κ3) is 2.97. The lowest BCUT2D eigenvalue weighted by molar-refractivity contribution is 0.179. The van der Waals surface area contributed by atoms with Gasteiger partial charge < -0.3 is 10.6 Å². The first-order valence-electron chi connectivity index (χ1n) is 6.04. The van der Waals surface area contributed by atoms with Crippen molar-refractivity contribution >= 4 is 6.03 Å². The molecule has 0 unspecified atom stereocenters. The molecule has 0 saturated carbocycles. The molecule has 3 nitrogen and oxygen atoms in total. The number of piperidine rings is 1. The molecule has 1 aromatic rings. The average Bonchev–Trinajstić information content (AvgIpc) is 2.34. The molecule has 0 radical (unpaired) electrons. The highest BCUT2D eigenvalue weighted by atomic mass is 19.2. The molecule has 98 valence electrons. The van der Waals surface area contributed by atoms with Gasteiger partial charge in [-0.1, -0.05) is 6.07 Å². The molecule has 1 aliphatic heterocycles. The van der Waals surface area contributed by atoms with Crippen LogP contribution < -0.4 is 5.73 Å². The smallest absolute Gasteiger partial charge is 0.314 e. The molecule has 0 spiro atoms. The first-order valence-corrected chi connectivity index (χ1v) is 6.04. The van der Waals surface area contributed by atoms with Crippen LogP contribution in [0.1, 0.15) is 18.4 Å². The molecule has 1 heterocycles. The van der Waals surface area contributed by atoms with E-state index in [4.69, 9.17) is 5.73 Å². The lowest BCUT2D eigenvalue weighted by atomic mass is 9.90. The predicted molar refractivity (Wildman–Crippen MR) is 63.9 cm³/mol. The van der Waals surface area contributed by atoms with Crippen LogP contribution >= 0.6 is 0 Å². The van der Waals surface area contributed by atoms with Gasteiger partial charge >= 0.3 is 6.03 Å². The maximum Gasteiger partial charge on any atom is 0.314 e. The van der Waals surface area contributed by atoms with E-state index in [-0.39, 0.29) is 6.03 Å². The summed E-state index contributed by atoms with van der Waals surface area (Å²) in [4.78, 5) is 12.6. The summed E-state index contributed by atoms with van der Waals surface area (Å²) in [5.74, 6) is -1.23. The van der Waals surface area contributed by atoms with Crippen molar-refractivity contribution in [2.24, 2.45) is 11.7 Å². The number of urea groups is 1. The third-order valence-electron chi connectivity index (χ3n) is 3.43. The number of likely N-dealkylation sites (tertiary alicyclic amines) is 1. The van der Waals surface area contributed by atoms with Crippen molar-refractivity contribution in [3.05, 3.63) is 35.4 Å². The van der Waals surface area contributed by atoms with E-state index >= 15 is 0 Å². The highest BCUT2D eigenvalue weighted by Crippen LogP contribution is 2.22. The molecule has 2 rings (SSSR count). The Labute approximate surface area is 105 Å². The van der Waals surface area contributed by atoms with E-state index in [2.05, 4.69) is 0 Å². The molecule has 0 aliphatic carbocycles. The summed E-state index contributed by atoms with van der Waals surface area (Å²) < 4.78 is 25.8. The van der Waals surface area contributed by atoms with Crippen molar-refractivity contribution in [1.82, 2.24) is 4.90 Å². The van der Waals surface area contributed by atoms with E-state index in [0.29, 0.717) is 25.4 Å². The summed E-state index contributed by atoms with van der Waals surface area (Å²) in [6, 6.07) is 3.62. The Hall–Kier alpha value is -1.65. The van der Waals surface area contributed by atoms with Crippen LogP contribution in [0.15, 0.2) is 18.2 Å². The Bertz CT molecular complexity index is 443. The molecule has 0 bridgehead atoms. The fourth-order valence-corrected chi connectivity index (χ4v) is 2.36. The van der Waals surface area contributed by atoms with Crippen molar-refractivity contribution in [1.29, 1.82) is 0 Å². The van der Waals surface area contributed by atoms with Gasteiger partial charge in [0.1, 0.15) is 0 Å². The maximum absolute atomic E-state index is 13.1. The largest absolute Gasteiger partial charge is 0.351 e. The van der Waals surface area contributed by atoms with Crippen LogP contribution in [-0.2, 0) is 6.42 Å². The second-order valence-electron chi connectivity index (χ2n) is 4.72. The minimum atomic E-state index is -0.817. The molecule has 0 aromatic heterocycles. The van der Waals surface area contributed by atoms with Crippen molar-refractivity contribution in [2.45, 2.75) is 19.3 Å². The topological polar surface area (TPSA) is 46.3 Å². The number of halogens is 2. The van der Waals surface area contributed by atoms with Crippen LogP contribution in [-0.4, -0.2) is 24.0 Å². The highest BCUT2D eigenvalue weighted by Gasteiger charge is 2.21. The number of nitrogens with two attached hydrogens (primary N) is 1. The van der Waals surface area contributed by atoms with Crippen LogP contribution in [0.25, 0.3) is 0 Å². The lowest BCUT2D eigenvalue weighted by Crippen LogP contribution is -2.41. The summed E-state index contributed by atoms with van der Waals surface area (Å²) >= 11 is 0. The Kier molecular flexibility index (Phi) is 3.79. The van der Waals surface area contributed by atoms with Gasteiger partial charge in [0, 0.05) is 13.1 Å². The van der Waals surface area contributed by atoms with Crippen molar-refractivity contribution < 1.29 is 13.6 Å². The summed E-state index contributed by atoms with van der Waals surface area (Å²) in [5.41, 5.74) is 6.00. The molecule has 1 fully saturated rings. The summed E-state index contributed by atoms with van der Waals surface area (Å²) in [5, 5.41) is 0. The zero-order chi connectivity index (χ0) is 13.1. The molecular formula is C13H16F2N2O. The van der Waals surface area contributed by atoms with Crippen LogP contribution in [0.4, 0.5) is 13.6 Å². The Morgan fingerprint density at radius 2 is 1.94 bits per heavy atom. The number of nitrogens with zero attached hydrogens (tertiary/aromatic N) is 1. The quantitative estimate of drug-likeness (QED) is 0.864. The average molecular weight is 254 g/mol. The number of rotatable bonds is 2. The number of hydrogen-bond acceptors (Lipinski definition) is 1. The summed E-state index contributed by atoms with van der Waals surface area (Å²) in [6.07, 6.45) is 2.41. The van der Waals surface area contributed by atoms with Gasteiger partial charge in [0.2, 0.25) is 0 Å². The molecular weight excluding hydrogens is 238 g/mol. The Morgan fingerprint density at radius 3 is 2.50 bits per heavy atom. The highest BCUT2D eigenvalue weighted by molar-refractivity contribution is 5.72. The number of benzene rings is 1. The molecule has 5 heteroatoms. The molecule has 1 saturated heterocycles. The molecule has 1 aliphatic rings. The molecule has 2 amide bonds. The third-order valence-corrected chi connectivity index (χ3v) is 3.43. The van der Waals surface area contributed by atoms with Gasteiger partial charge in [-0.15, -0.1) is 0 Å². The van der Waals surface area contributed by atoms with E-state index in [1.165, 1.54) is 6.07 Å². The van der Waals surface area contributed by atoms with Crippen LogP contribution in [0.5, 0.6) is 0 Å². The standard InChI is InChI=1S/C13H16F2N2O/c14-11-2-1-10(8-12(11)15)7-9-3-5-17(6-4-9)13(16)18/h1-2,8-9H,3-7H2,(H2,16,18). The van der Waals surface area contributed by atoms with Crippen LogP contribution in [0, 0.1) is 17.6 Å². The van der Waals surface area contributed by atoms with Crippen molar-refractivity contribution in [3.8, 4) is 0 Å². The van der Waals surface area contributed by atoms with E-state index in [9.17, 15) is 13.6 Å². The van der Waals surface area contributed by atoms with Gasteiger partial charge in [0.15, 0.2) is 11.6 Å². The van der Waals surface area contributed by atoms with Crippen molar-refractivity contribution in [3.63, 3.8) is 0 Å². The minimum Gasteiger partial charge on any atom is -0.351 e. The van der Waals surface area contributed by atoms with E-state index in [0.717, 1.165) is 24.5 Å². The maximum atomic E-state index is 13.1. The summed E-state index contributed by atoms with van der Waals surface area (Å²) in [7, 11) is 0. The zero-order valence-corrected chi connectivity index (χ0v) is 10.0. The van der Waals surface area contributed by atoms with E-state index in [1.54, 1.807) is 11.0 Å². The van der Waals surface area contributed by atoms with Gasteiger partial charge in [-0.05, 0) is 42.9 Å². The van der Waals surface area contributed by atoms with E-state index in [1.807, 2.05) is 0 Å².